The molecule has 0 bridgehead atoms. The fourth-order valence-electron chi connectivity index (χ4n) is 2.73. The number of halogens is 1. The molecule has 5 nitrogen and oxygen atoms in total. The lowest BCUT2D eigenvalue weighted by Gasteiger charge is -2.06. The molecule has 1 aliphatic rings. The molecule has 1 unspecified atom stereocenters. The number of nitrogens with one attached hydrogen (secondary N) is 2. The van der Waals surface area contributed by atoms with E-state index in [-0.39, 0.29) is 5.91 Å². The van der Waals surface area contributed by atoms with E-state index in [4.69, 9.17) is 5.73 Å². The van der Waals surface area contributed by atoms with E-state index in [1.165, 1.54) is 18.2 Å². The number of nitrogens with two attached hydrogens (primary N) is 1. The van der Waals surface area contributed by atoms with Crippen molar-refractivity contribution in [1.29, 1.82) is 0 Å². The molecule has 0 saturated heterocycles. The highest BCUT2D eigenvalue weighted by atomic mass is 19.1. The van der Waals surface area contributed by atoms with Crippen LogP contribution in [0.15, 0.2) is 24.4 Å². The van der Waals surface area contributed by atoms with Gasteiger partial charge in [-0.2, -0.15) is 0 Å². The summed E-state index contributed by atoms with van der Waals surface area (Å²) in [6, 6.07) is 4.16. The largest absolute Gasteiger partial charge is 0.369 e. The molecule has 23 heavy (non-hydrogen) atoms. The van der Waals surface area contributed by atoms with Crippen molar-refractivity contribution in [3.63, 3.8) is 0 Å². The van der Waals surface area contributed by atoms with Gasteiger partial charge in [0.2, 0.25) is 5.91 Å². The van der Waals surface area contributed by atoms with Gasteiger partial charge in [0.1, 0.15) is 5.82 Å². The van der Waals surface area contributed by atoms with Crippen LogP contribution >= 0.6 is 0 Å². The molecule has 0 aliphatic carbocycles. The number of H-pyrrole nitrogens is 1. The van der Waals surface area contributed by atoms with E-state index >= 15 is 0 Å². The third-order valence-electron chi connectivity index (χ3n) is 4.17. The van der Waals surface area contributed by atoms with Crippen molar-refractivity contribution in [2.24, 2.45) is 5.73 Å². The number of amides is 2. The Morgan fingerprint density at radius 3 is 2.83 bits per heavy atom. The average Bonchev–Trinajstić information content (AvgIpc) is 3.00. The number of carbonyl (C=O) groups is 2. The Labute approximate surface area is 132 Å². The molecule has 3 rings (SSSR count). The summed E-state index contributed by atoms with van der Waals surface area (Å²) in [6.07, 6.45) is 3.36. The van der Waals surface area contributed by atoms with Gasteiger partial charge in [-0.3, -0.25) is 9.59 Å². The van der Waals surface area contributed by atoms with Crippen LogP contribution in [0, 0.1) is 12.7 Å². The van der Waals surface area contributed by atoms with Gasteiger partial charge in [-0.05, 0) is 49.2 Å². The number of primary amides is 1. The second-order valence-corrected chi connectivity index (χ2v) is 5.61. The topological polar surface area (TPSA) is 88.0 Å². The SMILES string of the molecule is Cc1c(C(C)C(N)=O)c[nH]c1C=C1C(=O)Nc2ccc(F)cc21. The molecule has 1 aromatic carbocycles. The maximum Gasteiger partial charge on any atom is 0.256 e. The first-order chi connectivity index (χ1) is 10.9. The van der Waals surface area contributed by atoms with Crippen molar-refractivity contribution >= 4 is 29.2 Å². The van der Waals surface area contributed by atoms with Crippen molar-refractivity contribution in [3.8, 4) is 0 Å². The van der Waals surface area contributed by atoms with Crippen LogP contribution in [-0.2, 0) is 9.59 Å². The van der Waals surface area contributed by atoms with E-state index < -0.39 is 17.6 Å². The molecule has 1 aliphatic heterocycles. The summed E-state index contributed by atoms with van der Waals surface area (Å²) in [7, 11) is 0. The lowest BCUT2D eigenvalue weighted by atomic mass is 9.98. The molecule has 2 amide bonds. The third kappa shape index (κ3) is 2.52. The molecule has 2 aromatic rings. The highest BCUT2D eigenvalue weighted by molar-refractivity contribution is 6.34. The van der Waals surface area contributed by atoms with E-state index in [0.717, 1.165) is 11.1 Å². The minimum atomic E-state index is -0.430. The van der Waals surface area contributed by atoms with Crippen LogP contribution in [0.25, 0.3) is 11.6 Å². The number of benzene rings is 1. The summed E-state index contributed by atoms with van der Waals surface area (Å²) in [5.74, 6) is -1.54. The second kappa shape index (κ2) is 5.39. The van der Waals surface area contributed by atoms with E-state index in [2.05, 4.69) is 10.3 Å². The van der Waals surface area contributed by atoms with Crippen molar-refractivity contribution in [3.05, 3.63) is 52.6 Å². The summed E-state index contributed by atoms with van der Waals surface area (Å²) in [4.78, 5) is 26.5. The minimum Gasteiger partial charge on any atom is -0.369 e. The van der Waals surface area contributed by atoms with Gasteiger partial charge < -0.3 is 16.0 Å². The maximum atomic E-state index is 13.5. The monoisotopic (exact) mass is 313 g/mol. The van der Waals surface area contributed by atoms with Gasteiger partial charge in [-0.25, -0.2) is 4.39 Å². The molecule has 6 heteroatoms. The standard InChI is InChI=1S/C17H16FN3O2/c1-8-13(9(2)16(19)22)7-20-15(8)6-12-11-5-10(18)3-4-14(11)21-17(12)23/h3-7,9,20H,1-2H3,(H2,19,22)(H,21,23). The van der Waals surface area contributed by atoms with Gasteiger partial charge in [0.15, 0.2) is 0 Å². The molecule has 4 N–H and O–H groups in total. The highest BCUT2D eigenvalue weighted by Crippen LogP contribution is 2.34. The van der Waals surface area contributed by atoms with Crippen molar-refractivity contribution in [2.45, 2.75) is 19.8 Å². The third-order valence-corrected chi connectivity index (χ3v) is 4.17. The van der Waals surface area contributed by atoms with Gasteiger partial charge >= 0.3 is 0 Å². The van der Waals surface area contributed by atoms with Gasteiger partial charge in [-0.15, -0.1) is 0 Å². The molecular formula is C17H16FN3O2. The lowest BCUT2D eigenvalue weighted by Crippen LogP contribution is -2.18. The summed E-state index contributed by atoms with van der Waals surface area (Å²) < 4.78 is 13.5. The maximum absolute atomic E-state index is 13.5. The van der Waals surface area contributed by atoms with Crippen LogP contribution in [0.1, 0.15) is 35.2 Å². The Balaban J connectivity index is 2.05. The van der Waals surface area contributed by atoms with Crippen LogP contribution in [0.4, 0.5) is 10.1 Å². The number of anilines is 1. The molecule has 1 aromatic heterocycles. The van der Waals surface area contributed by atoms with Crippen molar-refractivity contribution in [1.82, 2.24) is 4.98 Å². The molecule has 0 spiro atoms. The van der Waals surface area contributed by atoms with Gasteiger partial charge in [0, 0.05) is 23.1 Å². The Kier molecular flexibility index (Phi) is 3.52. The number of rotatable bonds is 3. The van der Waals surface area contributed by atoms with Crippen LogP contribution in [-0.4, -0.2) is 16.8 Å². The first kappa shape index (κ1) is 15.0. The number of carbonyl (C=O) groups excluding carboxylic acids is 2. The predicted molar refractivity (Wildman–Crippen MR) is 86.0 cm³/mol. The Bertz CT molecular complexity index is 852. The number of fused-ring (bicyclic) bond motifs is 1. The van der Waals surface area contributed by atoms with Gasteiger partial charge in [0.25, 0.3) is 5.91 Å². The Hall–Kier alpha value is -2.89. The fourth-order valence-corrected chi connectivity index (χ4v) is 2.73. The Morgan fingerprint density at radius 1 is 1.39 bits per heavy atom. The van der Waals surface area contributed by atoms with E-state index in [9.17, 15) is 14.0 Å². The molecule has 2 heterocycles. The van der Waals surface area contributed by atoms with E-state index in [0.29, 0.717) is 22.5 Å². The number of aromatic nitrogens is 1. The zero-order chi connectivity index (χ0) is 16.7. The summed E-state index contributed by atoms with van der Waals surface area (Å²) in [5.41, 5.74) is 9.12. The van der Waals surface area contributed by atoms with Crippen molar-refractivity contribution in [2.75, 3.05) is 5.32 Å². The van der Waals surface area contributed by atoms with Gasteiger partial charge in [0.05, 0.1) is 11.5 Å². The highest BCUT2D eigenvalue weighted by Gasteiger charge is 2.25. The van der Waals surface area contributed by atoms with E-state index in [1.54, 1.807) is 19.2 Å². The zero-order valence-corrected chi connectivity index (χ0v) is 12.7. The molecular weight excluding hydrogens is 297 g/mol. The molecule has 0 saturated carbocycles. The molecule has 118 valence electrons. The van der Waals surface area contributed by atoms with Crippen molar-refractivity contribution < 1.29 is 14.0 Å². The van der Waals surface area contributed by atoms with Crippen LogP contribution < -0.4 is 11.1 Å². The predicted octanol–water partition coefficient (Wildman–Crippen LogP) is 2.54. The summed E-state index contributed by atoms with van der Waals surface area (Å²) in [5, 5.41) is 2.70. The van der Waals surface area contributed by atoms with Crippen LogP contribution in [0.5, 0.6) is 0 Å². The first-order valence-electron chi connectivity index (χ1n) is 7.18. The first-order valence-corrected chi connectivity index (χ1v) is 7.18. The van der Waals surface area contributed by atoms with Crippen LogP contribution in [0.3, 0.4) is 0 Å². The Morgan fingerprint density at radius 2 is 2.13 bits per heavy atom. The smallest absolute Gasteiger partial charge is 0.256 e. The zero-order valence-electron chi connectivity index (χ0n) is 12.7. The number of hydrogen-bond donors (Lipinski definition) is 3. The molecule has 0 radical (unpaired) electrons. The van der Waals surface area contributed by atoms with Gasteiger partial charge in [-0.1, -0.05) is 0 Å². The fraction of sp³-hybridized carbons (Fsp3) is 0.176. The quantitative estimate of drug-likeness (QED) is 0.760. The van der Waals surface area contributed by atoms with Crippen LogP contribution in [0.2, 0.25) is 0 Å². The second-order valence-electron chi connectivity index (χ2n) is 5.61. The molecule has 1 atom stereocenters. The number of hydrogen-bond acceptors (Lipinski definition) is 2. The number of aromatic amines is 1. The summed E-state index contributed by atoms with van der Waals surface area (Å²) >= 11 is 0. The van der Waals surface area contributed by atoms with E-state index in [1.807, 2.05) is 6.92 Å². The molecule has 0 fully saturated rings. The normalized spacial score (nSPS) is 16.3. The summed E-state index contributed by atoms with van der Waals surface area (Å²) in [6.45, 7) is 3.57. The average molecular weight is 313 g/mol. The minimum absolute atomic E-state index is 0.288. The lowest BCUT2D eigenvalue weighted by molar-refractivity contribution is -0.119.